The molecule has 0 bridgehead atoms. The zero-order valence-corrected chi connectivity index (χ0v) is 14.0. The van der Waals surface area contributed by atoms with Crippen LogP contribution in [0, 0.1) is 7.43 Å². The van der Waals surface area contributed by atoms with Crippen molar-refractivity contribution in [2.45, 2.75) is 25.7 Å². The normalized spacial score (nSPS) is 15.6. The molecule has 0 aliphatic carbocycles. The molecule has 16 heavy (non-hydrogen) atoms. The van der Waals surface area contributed by atoms with Gasteiger partial charge < -0.3 is 22.4 Å². The molecule has 90 valence electrons. The number of amides is 1. The SMILES string of the molecule is CNC(=O)OCCCN1CCCCC1.[CH3-].[K+]. The maximum Gasteiger partial charge on any atom is 1.00 e. The predicted octanol–water partition coefficient (Wildman–Crippen LogP) is -1.33. The molecule has 0 spiro atoms. The average molecular weight is 254 g/mol. The Kier molecular flexibility index (Phi) is 14.8. The Labute approximate surface area is 142 Å². The van der Waals surface area contributed by atoms with E-state index in [1.165, 1.54) is 32.4 Å². The third-order valence-electron chi connectivity index (χ3n) is 2.50. The van der Waals surface area contributed by atoms with E-state index in [1.54, 1.807) is 7.05 Å². The molecule has 0 saturated carbocycles. The molecular weight excluding hydrogens is 231 g/mol. The number of hydrogen-bond acceptors (Lipinski definition) is 3. The molecular formula is C11H23KN2O2. The van der Waals surface area contributed by atoms with Crippen LogP contribution in [0.15, 0.2) is 0 Å². The van der Waals surface area contributed by atoms with Crippen molar-refractivity contribution in [2.75, 3.05) is 33.3 Å². The molecule has 0 unspecified atom stereocenters. The van der Waals surface area contributed by atoms with Crippen molar-refractivity contribution in [1.29, 1.82) is 0 Å². The van der Waals surface area contributed by atoms with Crippen molar-refractivity contribution in [3.8, 4) is 0 Å². The summed E-state index contributed by atoms with van der Waals surface area (Å²) in [6.07, 6.45) is 4.61. The van der Waals surface area contributed by atoms with Crippen LogP contribution in [-0.4, -0.2) is 44.3 Å². The molecule has 0 radical (unpaired) electrons. The Morgan fingerprint density at radius 2 is 1.94 bits per heavy atom. The topological polar surface area (TPSA) is 41.6 Å². The molecule has 1 aliphatic rings. The molecule has 1 aliphatic heterocycles. The Morgan fingerprint density at radius 1 is 1.31 bits per heavy atom. The second-order valence-corrected chi connectivity index (χ2v) is 3.64. The minimum Gasteiger partial charge on any atom is -0.450 e. The third-order valence-corrected chi connectivity index (χ3v) is 2.50. The quantitative estimate of drug-likeness (QED) is 0.384. The van der Waals surface area contributed by atoms with E-state index in [-0.39, 0.29) is 64.9 Å². The van der Waals surface area contributed by atoms with Crippen LogP contribution < -0.4 is 56.7 Å². The minimum absolute atomic E-state index is 0. The van der Waals surface area contributed by atoms with Gasteiger partial charge in [0.2, 0.25) is 0 Å². The zero-order valence-electron chi connectivity index (χ0n) is 10.9. The largest absolute Gasteiger partial charge is 1.00 e. The summed E-state index contributed by atoms with van der Waals surface area (Å²) >= 11 is 0. The van der Waals surface area contributed by atoms with E-state index in [1.807, 2.05) is 0 Å². The number of nitrogens with one attached hydrogen (secondary N) is 1. The van der Waals surface area contributed by atoms with Crippen molar-refractivity contribution in [3.63, 3.8) is 0 Å². The van der Waals surface area contributed by atoms with Gasteiger partial charge >= 0.3 is 57.5 Å². The van der Waals surface area contributed by atoms with Crippen molar-refractivity contribution in [3.05, 3.63) is 7.43 Å². The monoisotopic (exact) mass is 254 g/mol. The van der Waals surface area contributed by atoms with Gasteiger partial charge in [0.05, 0.1) is 6.61 Å². The predicted molar refractivity (Wildman–Crippen MR) is 61.7 cm³/mol. The number of likely N-dealkylation sites (tertiary alicyclic amines) is 1. The van der Waals surface area contributed by atoms with Crippen molar-refractivity contribution < 1.29 is 60.9 Å². The summed E-state index contributed by atoms with van der Waals surface area (Å²) in [4.78, 5) is 13.2. The van der Waals surface area contributed by atoms with Gasteiger partial charge in [0.25, 0.3) is 0 Å². The molecule has 0 aromatic carbocycles. The number of piperidine rings is 1. The van der Waals surface area contributed by atoms with Crippen LogP contribution in [0.4, 0.5) is 4.79 Å². The van der Waals surface area contributed by atoms with Gasteiger partial charge in [0.1, 0.15) is 0 Å². The Hall–Kier alpha value is 0.866. The molecule has 0 aromatic rings. The molecule has 1 saturated heterocycles. The standard InChI is InChI=1S/C10H20N2O2.CH3.K/c1-11-10(13)14-9-5-8-12-6-3-2-4-7-12;;/h2-9H2,1H3,(H,11,13);1H3;/q;-1;+1. The Morgan fingerprint density at radius 3 is 2.50 bits per heavy atom. The van der Waals surface area contributed by atoms with E-state index in [9.17, 15) is 4.79 Å². The molecule has 1 rings (SSSR count). The van der Waals surface area contributed by atoms with E-state index in [0.717, 1.165) is 13.0 Å². The van der Waals surface area contributed by atoms with Crippen molar-refractivity contribution in [1.82, 2.24) is 10.2 Å². The molecule has 5 heteroatoms. The molecule has 1 fully saturated rings. The van der Waals surface area contributed by atoms with E-state index in [2.05, 4.69) is 10.2 Å². The number of ether oxygens (including phenoxy) is 1. The molecule has 1 N–H and O–H groups in total. The maximum atomic E-state index is 10.7. The Bertz CT molecular complexity index is 173. The van der Waals surface area contributed by atoms with Gasteiger partial charge in [-0.1, -0.05) is 6.42 Å². The first-order valence-electron chi connectivity index (χ1n) is 5.40. The van der Waals surface area contributed by atoms with E-state index in [0.29, 0.717) is 6.61 Å². The summed E-state index contributed by atoms with van der Waals surface area (Å²) < 4.78 is 4.91. The van der Waals surface area contributed by atoms with Crippen LogP contribution in [0.25, 0.3) is 0 Å². The number of carbonyl (C=O) groups is 1. The van der Waals surface area contributed by atoms with Crippen LogP contribution in [0.3, 0.4) is 0 Å². The van der Waals surface area contributed by atoms with Crippen LogP contribution >= 0.6 is 0 Å². The van der Waals surface area contributed by atoms with Gasteiger partial charge in [0, 0.05) is 13.6 Å². The van der Waals surface area contributed by atoms with Crippen LogP contribution in [0.1, 0.15) is 25.7 Å². The first-order chi connectivity index (χ1) is 6.83. The number of carbonyl (C=O) groups excluding carboxylic acids is 1. The van der Waals surface area contributed by atoms with E-state index >= 15 is 0 Å². The fourth-order valence-electron chi connectivity index (χ4n) is 1.71. The van der Waals surface area contributed by atoms with Crippen LogP contribution in [-0.2, 0) is 4.74 Å². The van der Waals surface area contributed by atoms with Crippen molar-refractivity contribution >= 4 is 6.09 Å². The Balaban J connectivity index is 0. The second kappa shape index (κ2) is 12.3. The van der Waals surface area contributed by atoms with Gasteiger partial charge in [-0.05, 0) is 32.4 Å². The van der Waals surface area contributed by atoms with Gasteiger partial charge in [-0.15, -0.1) is 0 Å². The molecule has 1 heterocycles. The first-order valence-corrected chi connectivity index (χ1v) is 5.40. The fourth-order valence-corrected chi connectivity index (χ4v) is 1.71. The van der Waals surface area contributed by atoms with E-state index in [4.69, 9.17) is 4.74 Å². The number of alkyl carbamates (subject to hydrolysis) is 1. The van der Waals surface area contributed by atoms with Crippen LogP contribution in [0.2, 0.25) is 0 Å². The fraction of sp³-hybridized carbons (Fsp3) is 0.818. The summed E-state index contributed by atoms with van der Waals surface area (Å²) in [6.45, 7) is 3.99. The summed E-state index contributed by atoms with van der Waals surface area (Å²) in [5.41, 5.74) is 0. The zero-order chi connectivity index (χ0) is 10.2. The van der Waals surface area contributed by atoms with Gasteiger partial charge in [0.15, 0.2) is 0 Å². The third kappa shape index (κ3) is 8.95. The van der Waals surface area contributed by atoms with Gasteiger partial charge in [-0.3, -0.25) is 0 Å². The maximum absolute atomic E-state index is 10.7. The smallest absolute Gasteiger partial charge is 0.450 e. The van der Waals surface area contributed by atoms with Gasteiger partial charge in [-0.25, -0.2) is 4.79 Å². The van der Waals surface area contributed by atoms with E-state index < -0.39 is 0 Å². The van der Waals surface area contributed by atoms with Crippen molar-refractivity contribution in [2.24, 2.45) is 0 Å². The summed E-state index contributed by atoms with van der Waals surface area (Å²) in [5.74, 6) is 0. The molecule has 0 aromatic heterocycles. The summed E-state index contributed by atoms with van der Waals surface area (Å²) in [5, 5.41) is 2.43. The summed E-state index contributed by atoms with van der Waals surface area (Å²) in [6, 6.07) is 0. The van der Waals surface area contributed by atoms with Gasteiger partial charge in [-0.2, -0.15) is 0 Å². The minimum atomic E-state index is -0.330. The molecule has 4 nitrogen and oxygen atoms in total. The first kappa shape index (κ1) is 19.2. The summed E-state index contributed by atoms with van der Waals surface area (Å²) in [7, 11) is 1.58. The number of rotatable bonds is 4. The average Bonchev–Trinajstić information content (AvgIpc) is 2.25. The molecule has 0 atom stereocenters. The number of nitrogens with zero attached hydrogens (tertiary/aromatic N) is 1. The number of hydrogen-bond donors (Lipinski definition) is 1. The molecule has 1 amide bonds. The van der Waals surface area contributed by atoms with Crippen LogP contribution in [0.5, 0.6) is 0 Å². The second-order valence-electron chi connectivity index (χ2n) is 3.64.